The number of esters is 1. The van der Waals surface area contributed by atoms with Crippen LogP contribution in [-0.2, 0) is 9.53 Å². The molecule has 0 bridgehead atoms. The molecule has 0 saturated heterocycles. The van der Waals surface area contributed by atoms with Gasteiger partial charge in [0, 0.05) is 25.5 Å². The van der Waals surface area contributed by atoms with Crippen molar-refractivity contribution in [1.29, 1.82) is 0 Å². The largest absolute Gasteiger partial charge is 0.441 e. The standard InChI is InChI=1S/C16H17NO3/c1-13(18)17-11-7-3-2-4-8-14-9-5-6-10-15(14)16(19)20-12-17/h5-6,9-10H,2-3,7,11-12H2,1H3. The maximum absolute atomic E-state index is 12.1. The Morgan fingerprint density at radius 1 is 1.30 bits per heavy atom. The van der Waals surface area contributed by atoms with Crippen molar-refractivity contribution >= 4 is 11.9 Å². The molecular weight excluding hydrogens is 254 g/mol. The van der Waals surface area contributed by atoms with Gasteiger partial charge in [-0.3, -0.25) is 4.79 Å². The Balaban J connectivity index is 2.24. The summed E-state index contributed by atoms with van der Waals surface area (Å²) in [5, 5.41) is 0. The van der Waals surface area contributed by atoms with E-state index in [4.69, 9.17) is 4.74 Å². The van der Waals surface area contributed by atoms with Gasteiger partial charge in [0.2, 0.25) is 5.91 Å². The van der Waals surface area contributed by atoms with Gasteiger partial charge in [0.05, 0.1) is 5.56 Å². The highest BCUT2D eigenvalue weighted by atomic mass is 16.5. The number of hydrogen-bond acceptors (Lipinski definition) is 3. The number of carbonyl (C=O) groups is 2. The maximum Gasteiger partial charge on any atom is 0.341 e. The lowest BCUT2D eigenvalue weighted by atomic mass is 10.1. The van der Waals surface area contributed by atoms with E-state index < -0.39 is 5.97 Å². The molecule has 1 aliphatic rings. The fraction of sp³-hybridized carbons (Fsp3) is 0.375. The SMILES string of the molecule is CC(=O)N1CCCCC#Cc2ccccc2C(=O)OC1. The molecule has 1 aromatic carbocycles. The van der Waals surface area contributed by atoms with Crippen LogP contribution in [0.2, 0.25) is 0 Å². The van der Waals surface area contributed by atoms with Crippen LogP contribution >= 0.6 is 0 Å². The molecule has 4 nitrogen and oxygen atoms in total. The van der Waals surface area contributed by atoms with Gasteiger partial charge in [-0.05, 0) is 25.0 Å². The van der Waals surface area contributed by atoms with Crippen molar-refractivity contribution < 1.29 is 14.3 Å². The van der Waals surface area contributed by atoms with Crippen LogP contribution in [0.1, 0.15) is 42.1 Å². The summed E-state index contributed by atoms with van der Waals surface area (Å²) in [6, 6.07) is 7.11. The number of benzene rings is 1. The number of ether oxygens (including phenoxy) is 1. The van der Waals surface area contributed by atoms with E-state index in [1.807, 2.05) is 6.07 Å². The van der Waals surface area contributed by atoms with Crippen molar-refractivity contribution in [3.8, 4) is 11.8 Å². The van der Waals surface area contributed by atoms with E-state index in [1.165, 1.54) is 11.8 Å². The molecule has 2 rings (SSSR count). The summed E-state index contributed by atoms with van der Waals surface area (Å²) in [6.07, 6.45) is 2.54. The number of amides is 1. The molecule has 4 heteroatoms. The van der Waals surface area contributed by atoms with E-state index in [9.17, 15) is 9.59 Å². The molecule has 1 amide bonds. The Labute approximate surface area is 118 Å². The molecular formula is C16H17NO3. The first-order valence-electron chi connectivity index (χ1n) is 6.69. The van der Waals surface area contributed by atoms with E-state index >= 15 is 0 Å². The minimum absolute atomic E-state index is 0.00404. The van der Waals surface area contributed by atoms with E-state index in [-0.39, 0.29) is 12.6 Å². The second-order valence-corrected chi connectivity index (χ2v) is 4.65. The molecule has 0 saturated carbocycles. The first-order chi connectivity index (χ1) is 9.68. The van der Waals surface area contributed by atoms with E-state index in [1.54, 1.807) is 18.2 Å². The van der Waals surface area contributed by atoms with Crippen LogP contribution in [0.15, 0.2) is 24.3 Å². The fourth-order valence-corrected chi connectivity index (χ4v) is 1.97. The van der Waals surface area contributed by atoms with Crippen LogP contribution < -0.4 is 0 Å². The maximum atomic E-state index is 12.1. The van der Waals surface area contributed by atoms with Gasteiger partial charge >= 0.3 is 5.97 Å². The molecule has 1 heterocycles. The molecule has 0 N–H and O–H groups in total. The number of hydrogen-bond donors (Lipinski definition) is 0. The van der Waals surface area contributed by atoms with Gasteiger partial charge in [-0.15, -0.1) is 0 Å². The van der Waals surface area contributed by atoms with Crippen molar-refractivity contribution in [2.75, 3.05) is 13.3 Å². The lowest BCUT2D eigenvalue weighted by Gasteiger charge is -2.20. The molecule has 1 aliphatic heterocycles. The highest BCUT2D eigenvalue weighted by molar-refractivity contribution is 5.92. The minimum Gasteiger partial charge on any atom is -0.441 e. The quantitative estimate of drug-likeness (QED) is 0.537. The summed E-state index contributed by atoms with van der Waals surface area (Å²) < 4.78 is 5.21. The average molecular weight is 271 g/mol. The third kappa shape index (κ3) is 3.61. The molecule has 0 unspecified atom stereocenters. The number of cyclic esters (lactones) is 1. The van der Waals surface area contributed by atoms with E-state index in [2.05, 4.69) is 11.8 Å². The lowest BCUT2D eigenvalue weighted by Crippen LogP contribution is -2.33. The predicted octanol–water partition coefficient (Wildman–Crippen LogP) is 2.18. The van der Waals surface area contributed by atoms with Gasteiger partial charge in [0.25, 0.3) is 0 Å². The molecule has 0 radical (unpaired) electrons. The average Bonchev–Trinajstić information content (AvgIpc) is 2.44. The third-order valence-electron chi connectivity index (χ3n) is 3.15. The topological polar surface area (TPSA) is 46.6 Å². The summed E-state index contributed by atoms with van der Waals surface area (Å²) >= 11 is 0. The fourth-order valence-electron chi connectivity index (χ4n) is 1.97. The Bertz CT molecular complexity index is 569. The first kappa shape index (κ1) is 14.1. The molecule has 104 valence electrons. The summed E-state index contributed by atoms with van der Waals surface area (Å²) in [5.41, 5.74) is 1.12. The summed E-state index contributed by atoms with van der Waals surface area (Å²) in [4.78, 5) is 25.1. The number of nitrogens with zero attached hydrogens (tertiary/aromatic N) is 1. The van der Waals surface area contributed by atoms with E-state index in [0.717, 1.165) is 19.3 Å². The van der Waals surface area contributed by atoms with Gasteiger partial charge < -0.3 is 9.64 Å². The van der Waals surface area contributed by atoms with Gasteiger partial charge in [0.15, 0.2) is 6.73 Å². The second-order valence-electron chi connectivity index (χ2n) is 4.65. The Kier molecular flexibility index (Phi) is 4.78. The normalized spacial score (nSPS) is 15.8. The first-order valence-corrected chi connectivity index (χ1v) is 6.69. The van der Waals surface area contributed by atoms with Crippen LogP contribution in [0.5, 0.6) is 0 Å². The monoisotopic (exact) mass is 271 g/mol. The van der Waals surface area contributed by atoms with Crippen molar-refractivity contribution in [1.82, 2.24) is 4.90 Å². The van der Waals surface area contributed by atoms with Crippen molar-refractivity contribution in [3.05, 3.63) is 35.4 Å². The minimum atomic E-state index is -0.443. The molecule has 0 fully saturated rings. The van der Waals surface area contributed by atoms with Crippen LogP contribution in [0, 0.1) is 11.8 Å². The van der Waals surface area contributed by atoms with Crippen LogP contribution in [0.4, 0.5) is 0 Å². The van der Waals surface area contributed by atoms with Crippen LogP contribution in [0.3, 0.4) is 0 Å². The predicted molar refractivity (Wildman–Crippen MR) is 74.8 cm³/mol. The second kappa shape index (κ2) is 6.76. The van der Waals surface area contributed by atoms with Gasteiger partial charge in [-0.1, -0.05) is 24.0 Å². The zero-order valence-electron chi connectivity index (χ0n) is 11.5. The molecule has 0 aromatic heterocycles. The summed E-state index contributed by atoms with van der Waals surface area (Å²) in [5.74, 6) is 5.55. The smallest absolute Gasteiger partial charge is 0.341 e. The number of rotatable bonds is 0. The zero-order valence-corrected chi connectivity index (χ0v) is 11.5. The Hall–Kier alpha value is -2.28. The zero-order chi connectivity index (χ0) is 14.4. The lowest BCUT2D eigenvalue weighted by molar-refractivity contribution is -0.132. The Morgan fingerprint density at radius 2 is 2.10 bits per heavy atom. The van der Waals surface area contributed by atoms with Crippen molar-refractivity contribution in [3.63, 3.8) is 0 Å². The third-order valence-corrected chi connectivity index (χ3v) is 3.15. The number of carbonyl (C=O) groups excluding carboxylic acids is 2. The van der Waals surface area contributed by atoms with Crippen molar-refractivity contribution in [2.45, 2.75) is 26.2 Å². The van der Waals surface area contributed by atoms with Gasteiger partial charge in [-0.25, -0.2) is 4.79 Å². The summed E-state index contributed by atoms with van der Waals surface area (Å²) in [7, 11) is 0. The highest BCUT2D eigenvalue weighted by Crippen LogP contribution is 2.11. The molecule has 20 heavy (non-hydrogen) atoms. The molecule has 0 spiro atoms. The van der Waals surface area contributed by atoms with Crippen LogP contribution in [0.25, 0.3) is 0 Å². The van der Waals surface area contributed by atoms with Crippen LogP contribution in [-0.4, -0.2) is 30.1 Å². The number of fused-ring (bicyclic) bond motifs is 1. The van der Waals surface area contributed by atoms with Gasteiger partial charge in [-0.2, -0.15) is 0 Å². The van der Waals surface area contributed by atoms with Gasteiger partial charge in [0.1, 0.15) is 0 Å². The molecule has 0 aliphatic carbocycles. The summed E-state index contributed by atoms with van der Waals surface area (Å²) in [6.45, 7) is 2.06. The molecule has 1 aromatic rings. The highest BCUT2D eigenvalue weighted by Gasteiger charge is 2.15. The van der Waals surface area contributed by atoms with Crippen molar-refractivity contribution in [2.24, 2.45) is 0 Å². The Morgan fingerprint density at radius 3 is 2.90 bits per heavy atom. The molecule has 0 atom stereocenters. The van der Waals surface area contributed by atoms with E-state index in [0.29, 0.717) is 17.7 Å².